The van der Waals surface area contributed by atoms with E-state index in [0.29, 0.717) is 36.7 Å². The van der Waals surface area contributed by atoms with Crippen LogP contribution in [0.15, 0.2) is 42.5 Å². The van der Waals surface area contributed by atoms with Crippen LogP contribution in [0.2, 0.25) is 0 Å². The molecule has 3 N–H and O–H groups in total. The number of halogens is 3. The van der Waals surface area contributed by atoms with E-state index in [1.54, 1.807) is 25.3 Å². The standard InChI is InChI=1S/C25H31F3N4O3/c1-17-10-13-32(14-11-17)22-9-8-18(16-19(22)23(33)29-12-5-15-35-2)30-24(34)31-21-7-4-3-6-20(21)25(26,27)28/h3-4,6-9,16-17H,5,10-15H2,1-2H3,(H,29,33)(H2,30,31,34). The van der Waals surface area contributed by atoms with Gasteiger partial charge in [0.15, 0.2) is 0 Å². The molecule has 2 aromatic carbocycles. The second-order valence-corrected chi connectivity index (χ2v) is 8.63. The van der Waals surface area contributed by atoms with Gasteiger partial charge in [0.25, 0.3) is 5.91 Å². The molecule has 0 atom stereocenters. The van der Waals surface area contributed by atoms with Crippen LogP contribution in [0.25, 0.3) is 0 Å². The highest BCUT2D eigenvalue weighted by Crippen LogP contribution is 2.35. The number of ether oxygens (including phenoxy) is 1. The number of benzene rings is 2. The molecule has 0 aliphatic carbocycles. The van der Waals surface area contributed by atoms with Crippen LogP contribution in [0, 0.1) is 5.92 Å². The molecule has 0 radical (unpaired) electrons. The Bertz CT molecular complexity index is 1020. The van der Waals surface area contributed by atoms with E-state index in [4.69, 9.17) is 4.74 Å². The zero-order valence-corrected chi connectivity index (χ0v) is 19.9. The maximum atomic E-state index is 13.2. The highest BCUT2D eigenvalue weighted by atomic mass is 19.4. The van der Waals surface area contributed by atoms with Gasteiger partial charge in [0, 0.05) is 44.7 Å². The highest BCUT2D eigenvalue weighted by Gasteiger charge is 2.33. The second kappa shape index (κ2) is 11.9. The van der Waals surface area contributed by atoms with Gasteiger partial charge in [-0.05, 0) is 55.5 Å². The molecule has 1 fully saturated rings. The fourth-order valence-corrected chi connectivity index (χ4v) is 3.96. The first-order chi connectivity index (χ1) is 16.7. The quantitative estimate of drug-likeness (QED) is 0.434. The number of hydrogen-bond acceptors (Lipinski definition) is 4. The van der Waals surface area contributed by atoms with E-state index in [0.717, 1.165) is 37.7 Å². The predicted octanol–water partition coefficient (Wildman–Crippen LogP) is 5.35. The lowest BCUT2D eigenvalue weighted by molar-refractivity contribution is -0.136. The number of amides is 3. The van der Waals surface area contributed by atoms with E-state index in [-0.39, 0.29) is 11.6 Å². The third kappa shape index (κ3) is 7.35. The van der Waals surface area contributed by atoms with Gasteiger partial charge in [0.1, 0.15) is 0 Å². The van der Waals surface area contributed by atoms with Crippen molar-refractivity contribution in [2.24, 2.45) is 5.92 Å². The number of rotatable bonds is 8. The van der Waals surface area contributed by atoms with Gasteiger partial charge in [-0.25, -0.2) is 4.79 Å². The summed E-state index contributed by atoms with van der Waals surface area (Å²) >= 11 is 0. The molecule has 0 aromatic heterocycles. The summed E-state index contributed by atoms with van der Waals surface area (Å²) in [4.78, 5) is 27.6. The van der Waals surface area contributed by atoms with Crippen LogP contribution in [0.1, 0.15) is 42.1 Å². The van der Waals surface area contributed by atoms with E-state index < -0.39 is 17.8 Å². The van der Waals surface area contributed by atoms with Crippen molar-refractivity contribution >= 4 is 29.0 Å². The van der Waals surface area contributed by atoms with Crippen LogP contribution >= 0.6 is 0 Å². The van der Waals surface area contributed by atoms with Crippen molar-refractivity contribution in [3.05, 3.63) is 53.6 Å². The molecule has 1 aliphatic rings. The van der Waals surface area contributed by atoms with Crippen molar-refractivity contribution in [1.29, 1.82) is 0 Å². The predicted molar refractivity (Wildman–Crippen MR) is 130 cm³/mol. The zero-order valence-electron chi connectivity index (χ0n) is 19.9. The first-order valence-electron chi connectivity index (χ1n) is 11.6. The normalized spacial score (nSPS) is 14.5. The molecule has 7 nitrogen and oxygen atoms in total. The highest BCUT2D eigenvalue weighted by molar-refractivity contribution is 6.04. The smallest absolute Gasteiger partial charge is 0.385 e. The Kier molecular flexibility index (Phi) is 8.97. The van der Waals surface area contributed by atoms with Crippen molar-refractivity contribution in [2.75, 3.05) is 48.9 Å². The van der Waals surface area contributed by atoms with Gasteiger partial charge in [0.2, 0.25) is 0 Å². The third-order valence-corrected chi connectivity index (χ3v) is 5.91. The van der Waals surface area contributed by atoms with Gasteiger partial charge in [-0.2, -0.15) is 13.2 Å². The van der Waals surface area contributed by atoms with Crippen molar-refractivity contribution in [3.63, 3.8) is 0 Å². The van der Waals surface area contributed by atoms with Crippen LogP contribution in [-0.4, -0.2) is 45.3 Å². The number of alkyl halides is 3. The Balaban J connectivity index is 1.78. The Morgan fingerprint density at radius 1 is 1.09 bits per heavy atom. The Labute approximate surface area is 203 Å². The third-order valence-electron chi connectivity index (χ3n) is 5.91. The lowest BCUT2D eigenvalue weighted by Gasteiger charge is -2.33. The van der Waals surface area contributed by atoms with Gasteiger partial charge >= 0.3 is 12.2 Å². The van der Waals surface area contributed by atoms with E-state index in [1.165, 1.54) is 18.2 Å². The average molecular weight is 493 g/mol. The second-order valence-electron chi connectivity index (χ2n) is 8.63. The van der Waals surface area contributed by atoms with Crippen LogP contribution in [0.4, 0.5) is 35.0 Å². The maximum Gasteiger partial charge on any atom is 0.418 e. The summed E-state index contributed by atoms with van der Waals surface area (Å²) in [5.74, 6) is 0.322. The van der Waals surface area contributed by atoms with Gasteiger partial charge in [0.05, 0.1) is 16.8 Å². The number of para-hydroxylation sites is 1. The van der Waals surface area contributed by atoms with Crippen LogP contribution in [0.5, 0.6) is 0 Å². The lowest BCUT2D eigenvalue weighted by Crippen LogP contribution is -2.35. The lowest BCUT2D eigenvalue weighted by atomic mass is 9.98. The van der Waals surface area contributed by atoms with Crippen LogP contribution in [0.3, 0.4) is 0 Å². The molecule has 1 aliphatic heterocycles. The Hall–Kier alpha value is -3.27. The molecule has 0 unspecified atom stereocenters. The molecular weight excluding hydrogens is 461 g/mol. The summed E-state index contributed by atoms with van der Waals surface area (Å²) in [6.45, 7) is 4.76. The molecule has 10 heteroatoms. The molecular formula is C25H31F3N4O3. The average Bonchev–Trinajstić information content (AvgIpc) is 2.82. The molecule has 2 aromatic rings. The monoisotopic (exact) mass is 492 g/mol. The molecule has 0 spiro atoms. The van der Waals surface area contributed by atoms with Gasteiger partial charge < -0.3 is 25.6 Å². The van der Waals surface area contributed by atoms with Crippen molar-refractivity contribution < 1.29 is 27.5 Å². The topological polar surface area (TPSA) is 82.7 Å². The fraction of sp³-hybridized carbons (Fsp3) is 0.440. The number of nitrogens with one attached hydrogen (secondary N) is 3. The molecule has 1 saturated heterocycles. The van der Waals surface area contributed by atoms with E-state index >= 15 is 0 Å². The fourth-order valence-electron chi connectivity index (χ4n) is 3.96. The maximum absolute atomic E-state index is 13.2. The zero-order chi connectivity index (χ0) is 25.4. The molecule has 190 valence electrons. The first kappa shape index (κ1) is 26.3. The Morgan fingerprint density at radius 3 is 2.49 bits per heavy atom. The number of carbonyl (C=O) groups is 2. The van der Waals surface area contributed by atoms with Crippen molar-refractivity contribution in [2.45, 2.75) is 32.4 Å². The minimum Gasteiger partial charge on any atom is -0.385 e. The minimum atomic E-state index is -4.61. The SMILES string of the molecule is COCCCNC(=O)c1cc(NC(=O)Nc2ccccc2C(F)(F)F)ccc1N1CCC(C)CC1. The molecule has 0 bridgehead atoms. The summed E-state index contributed by atoms with van der Waals surface area (Å²) in [6.07, 6.45) is -1.94. The number of anilines is 3. The summed E-state index contributed by atoms with van der Waals surface area (Å²) in [5.41, 5.74) is 0.150. The Morgan fingerprint density at radius 2 is 1.80 bits per heavy atom. The van der Waals surface area contributed by atoms with Crippen molar-refractivity contribution in [1.82, 2.24) is 5.32 Å². The summed E-state index contributed by atoms with van der Waals surface area (Å²) < 4.78 is 44.7. The van der Waals surface area contributed by atoms with Gasteiger partial charge in [-0.3, -0.25) is 4.79 Å². The molecule has 0 saturated carbocycles. The number of urea groups is 1. The van der Waals surface area contributed by atoms with E-state index in [9.17, 15) is 22.8 Å². The number of hydrogen-bond donors (Lipinski definition) is 3. The van der Waals surface area contributed by atoms with Crippen molar-refractivity contribution in [3.8, 4) is 0 Å². The van der Waals surface area contributed by atoms with E-state index in [2.05, 4.69) is 27.8 Å². The number of nitrogens with zero attached hydrogens (tertiary/aromatic N) is 1. The number of piperidine rings is 1. The molecule has 1 heterocycles. The molecule has 35 heavy (non-hydrogen) atoms. The van der Waals surface area contributed by atoms with Gasteiger partial charge in [-0.15, -0.1) is 0 Å². The number of methoxy groups -OCH3 is 1. The van der Waals surface area contributed by atoms with E-state index in [1.807, 2.05) is 0 Å². The summed E-state index contributed by atoms with van der Waals surface area (Å²) in [6, 6.07) is 8.86. The molecule has 3 rings (SSSR count). The summed E-state index contributed by atoms with van der Waals surface area (Å²) in [7, 11) is 1.59. The first-order valence-corrected chi connectivity index (χ1v) is 11.6. The number of carbonyl (C=O) groups excluding carboxylic acids is 2. The molecule has 3 amide bonds. The minimum absolute atomic E-state index is 0.291. The van der Waals surface area contributed by atoms with Gasteiger partial charge in [-0.1, -0.05) is 19.1 Å². The van der Waals surface area contributed by atoms with Crippen LogP contribution < -0.4 is 20.9 Å². The largest absolute Gasteiger partial charge is 0.418 e. The van der Waals surface area contributed by atoms with Crippen LogP contribution in [-0.2, 0) is 10.9 Å². The summed E-state index contributed by atoms with van der Waals surface area (Å²) in [5, 5.41) is 7.66.